The molecule has 9 heteroatoms. The molecule has 0 saturated heterocycles. The Morgan fingerprint density at radius 1 is 1.11 bits per heavy atom. The number of esters is 1. The van der Waals surface area contributed by atoms with Crippen LogP contribution in [-0.2, 0) is 22.6 Å². The third-order valence-corrected chi connectivity index (χ3v) is 8.75. The van der Waals surface area contributed by atoms with E-state index in [1.165, 1.54) is 11.3 Å². The van der Waals surface area contributed by atoms with Crippen LogP contribution >= 0.6 is 27.3 Å². The first-order chi connectivity index (χ1) is 21.2. The van der Waals surface area contributed by atoms with Crippen LogP contribution in [0.1, 0.15) is 47.7 Å². The quantitative estimate of drug-likeness (QED) is 0.148. The highest BCUT2D eigenvalue weighted by atomic mass is 79.9. The zero-order valence-electron chi connectivity index (χ0n) is 25.1. The van der Waals surface area contributed by atoms with Crippen molar-refractivity contribution < 1.29 is 19.0 Å². The largest absolute Gasteiger partial charge is 0.493 e. The minimum Gasteiger partial charge on any atom is -0.493 e. The third-order valence-electron chi connectivity index (χ3n) is 7.24. The van der Waals surface area contributed by atoms with Crippen molar-refractivity contribution in [2.45, 2.75) is 39.8 Å². The number of fused-ring (bicyclic) bond motifs is 1. The summed E-state index contributed by atoms with van der Waals surface area (Å²) in [7, 11) is 1.60. The van der Waals surface area contributed by atoms with Crippen LogP contribution in [0.5, 0.6) is 11.5 Å². The maximum absolute atomic E-state index is 14.0. The highest BCUT2D eigenvalue weighted by Crippen LogP contribution is 2.35. The van der Waals surface area contributed by atoms with Gasteiger partial charge in [0.05, 0.1) is 35.6 Å². The number of ether oxygens (including phenoxy) is 3. The first-order valence-electron chi connectivity index (χ1n) is 14.2. The summed E-state index contributed by atoms with van der Waals surface area (Å²) in [6.07, 6.45) is 4.18. The smallest absolute Gasteiger partial charge is 0.338 e. The molecule has 226 valence electrons. The van der Waals surface area contributed by atoms with Gasteiger partial charge in [-0.15, -0.1) is 6.58 Å². The molecule has 1 atom stereocenters. The topological polar surface area (TPSA) is 79.1 Å². The van der Waals surface area contributed by atoms with Crippen LogP contribution in [0.4, 0.5) is 0 Å². The minimum absolute atomic E-state index is 0.221. The molecule has 0 amide bonds. The fourth-order valence-electron chi connectivity index (χ4n) is 5.13. The molecule has 44 heavy (non-hydrogen) atoms. The summed E-state index contributed by atoms with van der Waals surface area (Å²) < 4.78 is 20.5. The summed E-state index contributed by atoms with van der Waals surface area (Å²) in [6, 6.07) is 18.9. The van der Waals surface area contributed by atoms with E-state index >= 15 is 0 Å². The van der Waals surface area contributed by atoms with Crippen LogP contribution in [0, 0.1) is 6.92 Å². The van der Waals surface area contributed by atoms with Gasteiger partial charge in [-0.3, -0.25) is 9.36 Å². The monoisotopic (exact) mass is 672 g/mol. The number of rotatable bonds is 10. The molecule has 0 saturated carbocycles. The second-order valence-corrected chi connectivity index (χ2v) is 12.3. The van der Waals surface area contributed by atoms with E-state index in [0.29, 0.717) is 45.1 Å². The molecule has 1 aliphatic heterocycles. The van der Waals surface area contributed by atoms with Crippen molar-refractivity contribution in [3.05, 3.63) is 137 Å². The van der Waals surface area contributed by atoms with Crippen molar-refractivity contribution in [1.29, 1.82) is 0 Å². The molecular formula is C35H33BrN2O5S. The maximum atomic E-state index is 14.0. The fraction of sp³-hybridized carbons (Fsp3) is 0.229. The SMILES string of the molecule is C=CCc1cc(/C=c2/sc3n(c2=O)[C@@H](c2ccc(C)cc2)C(C(=O)OCC)=C(C)N=3)cc(OC)c1OCc1ccc(Br)cc1. The Balaban J connectivity index is 1.60. The van der Waals surface area contributed by atoms with Gasteiger partial charge >= 0.3 is 5.97 Å². The lowest BCUT2D eigenvalue weighted by Gasteiger charge is -2.24. The Morgan fingerprint density at radius 3 is 2.50 bits per heavy atom. The molecule has 3 aromatic carbocycles. The lowest BCUT2D eigenvalue weighted by molar-refractivity contribution is -0.139. The van der Waals surface area contributed by atoms with Crippen LogP contribution in [0.3, 0.4) is 0 Å². The van der Waals surface area contributed by atoms with Crippen LogP contribution in [0.2, 0.25) is 0 Å². The van der Waals surface area contributed by atoms with Gasteiger partial charge in [-0.1, -0.05) is 75.3 Å². The van der Waals surface area contributed by atoms with Crippen molar-refractivity contribution in [3.8, 4) is 11.5 Å². The first-order valence-corrected chi connectivity index (χ1v) is 15.8. The van der Waals surface area contributed by atoms with Gasteiger partial charge in [-0.2, -0.15) is 0 Å². The number of carbonyl (C=O) groups is 1. The predicted molar refractivity (Wildman–Crippen MR) is 177 cm³/mol. The predicted octanol–water partition coefficient (Wildman–Crippen LogP) is 6.19. The molecule has 0 N–H and O–H groups in total. The summed E-state index contributed by atoms with van der Waals surface area (Å²) in [6.45, 7) is 10.0. The number of carbonyl (C=O) groups excluding carboxylic acids is 1. The van der Waals surface area contributed by atoms with Crippen molar-refractivity contribution in [2.75, 3.05) is 13.7 Å². The summed E-state index contributed by atoms with van der Waals surface area (Å²) in [4.78, 5) is 32.4. The molecule has 0 bridgehead atoms. The molecule has 0 fully saturated rings. The summed E-state index contributed by atoms with van der Waals surface area (Å²) >= 11 is 4.74. The Labute approximate surface area is 268 Å². The number of nitrogens with zero attached hydrogens (tertiary/aromatic N) is 2. The molecule has 1 aliphatic rings. The number of aryl methyl sites for hydroxylation is 1. The third kappa shape index (κ3) is 6.49. The molecule has 5 rings (SSSR count). The Morgan fingerprint density at radius 2 is 1.84 bits per heavy atom. The molecule has 1 aromatic heterocycles. The second kappa shape index (κ2) is 13.6. The average molecular weight is 674 g/mol. The van der Waals surface area contributed by atoms with Crippen molar-refractivity contribution in [2.24, 2.45) is 4.99 Å². The summed E-state index contributed by atoms with van der Waals surface area (Å²) in [5.74, 6) is 0.701. The summed E-state index contributed by atoms with van der Waals surface area (Å²) in [5, 5.41) is 0. The number of allylic oxidation sites excluding steroid dienone is 2. The van der Waals surface area contributed by atoms with Crippen molar-refractivity contribution in [3.63, 3.8) is 0 Å². The van der Waals surface area contributed by atoms with Crippen molar-refractivity contribution in [1.82, 2.24) is 4.57 Å². The number of thiazole rings is 1. The van der Waals surface area contributed by atoms with Gasteiger partial charge in [-0.25, -0.2) is 9.79 Å². The highest BCUT2D eigenvalue weighted by Gasteiger charge is 2.33. The number of methoxy groups -OCH3 is 1. The van der Waals surface area contributed by atoms with E-state index in [1.807, 2.05) is 73.7 Å². The van der Waals surface area contributed by atoms with Crippen LogP contribution in [0.25, 0.3) is 6.08 Å². The minimum atomic E-state index is -0.659. The van der Waals surface area contributed by atoms with Crippen LogP contribution in [0.15, 0.2) is 98.8 Å². The molecular weight excluding hydrogens is 640 g/mol. The number of aromatic nitrogens is 1. The number of benzene rings is 3. The zero-order valence-corrected chi connectivity index (χ0v) is 27.5. The zero-order chi connectivity index (χ0) is 31.4. The highest BCUT2D eigenvalue weighted by molar-refractivity contribution is 9.10. The van der Waals surface area contributed by atoms with E-state index in [4.69, 9.17) is 14.2 Å². The Kier molecular flexibility index (Phi) is 9.66. The lowest BCUT2D eigenvalue weighted by Crippen LogP contribution is -2.39. The Hall–Kier alpha value is -4.21. The molecule has 0 unspecified atom stereocenters. The maximum Gasteiger partial charge on any atom is 0.338 e. The van der Waals surface area contributed by atoms with E-state index in [-0.39, 0.29) is 12.2 Å². The molecule has 0 radical (unpaired) electrons. The molecule has 2 heterocycles. The van der Waals surface area contributed by atoms with Crippen LogP contribution < -0.4 is 24.4 Å². The molecule has 0 aliphatic carbocycles. The second-order valence-electron chi connectivity index (χ2n) is 10.3. The lowest BCUT2D eigenvalue weighted by atomic mass is 9.95. The normalized spacial score (nSPS) is 14.6. The summed E-state index contributed by atoms with van der Waals surface area (Å²) in [5.41, 5.74) is 5.21. The number of halogens is 1. The van der Waals surface area contributed by atoms with Gasteiger partial charge in [0, 0.05) is 10.0 Å². The van der Waals surface area contributed by atoms with E-state index in [0.717, 1.165) is 32.3 Å². The van der Waals surface area contributed by atoms with Crippen molar-refractivity contribution >= 4 is 39.3 Å². The fourth-order valence-corrected chi connectivity index (χ4v) is 6.44. The van der Waals surface area contributed by atoms with E-state index in [9.17, 15) is 9.59 Å². The van der Waals surface area contributed by atoms with Gasteiger partial charge in [-0.05, 0) is 74.2 Å². The van der Waals surface area contributed by atoms with Gasteiger partial charge in [0.25, 0.3) is 5.56 Å². The Bertz CT molecular complexity index is 1920. The van der Waals surface area contributed by atoms with E-state index in [2.05, 4.69) is 27.5 Å². The standard InChI is InChI=1S/C35H33BrN2O5S/c1-6-8-26-17-24(18-28(41-5)32(26)43-20-23-11-15-27(36)16-12-23)19-29-33(39)38-31(25-13-9-21(3)10-14-25)30(34(40)42-7-2)22(4)37-35(38)44-29/h6,9-19,31H,1,7-8,20H2,2-5H3/b29-19+/t31-/m0/s1. The van der Waals surface area contributed by atoms with Crippen LogP contribution in [-0.4, -0.2) is 24.3 Å². The number of hydrogen-bond donors (Lipinski definition) is 0. The van der Waals surface area contributed by atoms with E-state index < -0.39 is 12.0 Å². The van der Waals surface area contributed by atoms with Gasteiger partial charge in [0.15, 0.2) is 16.3 Å². The van der Waals surface area contributed by atoms with E-state index in [1.54, 1.807) is 31.6 Å². The molecule has 7 nitrogen and oxygen atoms in total. The first kappa shape index (κ1) is 31.2. The van der Waals surface area contributed by atoms with Gasteiger partial charge < -0.3 is 14.2 Å². The van der Waals surface area contributed by atoms with Gasteiger partial charge in [0.2, 0.25) is 0 Å². The average Bonchev–Trinajstić information content (AvgIpc) is 3.31. The molecule has 0 spiro atoms. The molecule has 4 aromatic rings. The van der Waals surface area contributed by atoms with Gasteiger partial charge in [0.1, 0.15) is 6.61 Å². The number of hydrogen-bond acceptors (Lipinski definition) is 7.